The first-order valence-electron chi connectivity index (χ1n) is 4.83. The van der Waals surface area contributed by atoms with Crippen molar-refractivity contribution in [2.45, 2.75) is 32.3 Å². The van der Waals surface area contributed by atoms with Gasteiger partial charge in [-0.2, -0.15) is 0 Å². The fourth-order valence-electron chi connectivity index (χ4n) is 1.12. The molecule has 0 radical (unpaired) electrons. The summed E-state index contributed by atoms with van der Waals surface area (Å²) >= 11 is 0. The molecule has 0 aliphatic heterocycles. The molecule has 0 saturated carbocycles. The number of hydrogen-bond acceptors (Lipinski definition) is 3. The topological polar surface area (TPSA) is 66.8 Å². The molecule has 0 unspecified atom stereocenters. The van der Waals surface area contributed by atoms with Gasteiger partial charge in [0, 0.05) is 27.1 Å². The maximum absolute atomic E-state index is 11.7. The molecule has 0 heterocycles. The molecule has 0 rings (SSSR count). The molecule has 0 aliphatic carbocycles. The van der Waals surface area contributed by atoms with Crippen LogP contribution in [0.1, 0.15) is 26.7 Å². The molecular formula is C10H19NO4. The zero-order chi connectivity index (χ0) is 12.1. The lowest BCUT2D eigenvalue weighted by molar-refractivity contribution is -0.150. The quantitative estimate of drug-likeness (QED) is 0.712. The Hall–Kier alpha value is -1.10. The molecule has 15 heavy (non-hydrogen) atoms. The smallest absolute Gasteiger partial charge is 0.303 e. The fraction of sp³-hybridized carbons (Fsp3) is 0.800. The molecule has 0 aromatic carbocycles. The van der Waals surface area contributed by atoms with Crippen molar-refractivity contribution in [2.75, 3.05) is 20.7 Å². The Morgan fingerprint density at radius 2 is 1.93 bits per heavy atom. The van der Waals surface area contributed by atoms with Crippen LogP contribution in [-0.2, 0) is 14.3 Å². The van der Waals surface area contributed by atoms with Gasteiger partial charge in [0.15, 0.2) is 0 Å². The second-order valence-electron chi connectivity index (χ2n) is 3.94. The maximum atomic E-state index is 11.7. The lowest BCUT2D eigenvalue weighted by atomic mass is 10.1. The predicted octanol–water partition coefficient (Wildman–Crippen LogP) is 0.735. The van der Waals surface area contributed by atoms with Crippen LogP contribution in [-0.4, -0.2) is 48.2 Å². The van der Waals surface area contributed by atoms with Gasteiger partial charge in [0.2, 0.25) is 0 Å². The summed E-state index contributed by atoms with van der Waals surface area (Å²) in [6.07, 6.45) is 0.530. The molecule has 0 atom stereocenters. The molecule has 5 nitrogen and oxygen atoms in total. The van der Waals surface area contributed by atoms with Crippen LogP contribution in [0, 0.1) is 0 Å². The Kier molecular flexibility index (Phi) is 5.28. The van der Waals surface area contributed by atoms with Gasteiger partial charge < -0.3 is 14.7 Å². The van der Waals surface area contributed by atoms with Gasteiger partial charge in [-0.1, -0.05) is 0 Å². The molecular weight excluding hydrogens is 198 g/mol. The van der Waals surface area contributed by atoms with E-state index in [1.165, 1.54) is 12.0 Å². The lowest BCUT2D eigenvalue weighted by Gasteiger charge is -2.27. The highest BCUT2D eigenvalue weighted by molar-refractivity contribution is 5.84. The molecule has 88 valence electrons. The van der Waals surface area contributed by atoms with Crippen molar-refractivity contribution in [3.8, 4) is 0 Å². The minimum absolute atomic E-state index is 0.0744. The highest BCUT2D eigenvalue weighted by atomic mass is 16.5. The molecule has 0 aromatic rings. The summed E-state index contributed by atoms with van der Waals surface area (Å²) in [5, 5.41) is 8.44. The molecule has 0 aromatic heterocycles. The average Bonchev–Trinajstić information content (AvgIpc) is 2.15. The Morgan fingerprint density at radius 1 is 1.40 bits per heavy atom. The highest BCUT2D eigenvalue weighted by Crippen LogP contribution is 2.11. The van der Waals surface area contributed by atoms with E-state index in [2.05, 4.69) is 0 Å². The summed E-state index contributed by atoms with van der Waals surface area (Å²) in [5.41, 5.74) is -0.849. The third-order valence-electron chi connectivity index (χ3n) is 2.26. The number of rotatable bonds is 6. The van der Waals surface area contributed by atoms with Gasteiger partial charge in [0.05, 0.1) is 0 Å². The summed E-state index contributed by atoms with van der Waals surface area (Å²) in [5.74, 6) is -0.989. The van der Waals surface area contributed by atoms with Crippen LogP contribution in [0.2, 0.25) is 0 Å². The lowest BCUT2D eigenvalue weighted by Crippen LogP contribution is -2.44. The van der Waals surface area contributed by atoms with Crippen LogP contribution in [0.3, 0.4) is 0 Å². The number of nitrogens with zero attached hydrogens (tertiary/aromatic N) is 1. The van der Waals surface area contributed by atoms with Crippen LogP contribution in [0.4, 0.5) is 0 Å². The van der Waals surface area contributed by atoms with Crippen molar-refractivity contribution in [3.63, 3.8) is 0 Å². The summed E-state index contributed by atoms with van der Waals surface area (Å²) in [4.78, 5) is 23.5. The van der Waals surface area contributed by atoms with Crippen LogP contribution >= 0.6 is 0 Å². The van der Waals surface area contributed by atoms with Crippen molar-refractivity contribution < 1.29 is 19.4 Å². The number of hydrogen-bond donors (Lipinski definition) is 1. The maximum Gasteiger partial charge on any atom is 0.303 e. The zero-order valence-electron chi connectivity index (χ0n) is 9.74. The van der Waals surface area contributed by atoms with E-state index < -0.39 is 11.6 Å². The number of likely N-dealkylation sites (N-methyl/N-ethyl adjacent to an activating group) is 1. The molecule has 0 saturated heterocycles. The zero-order valence-corrected chi connectivity index (χ0v) is 9.74. The first kappa shape index (κ1) is 13.9. The largest absolute Gasteiger partial charge is 0.481 e. The van der Waals surface area contributed by atoms with Gasteiger partial charge in [-0.05, 0) is 20.3 Å². The third kappa shape index (κ3) is 4.78. The number of carbonyl (C=O) groups excluding carboxylic acids is 1. The first-order valence-corrected chi connectivity index (χ1v) is 4.83. The van der Waals surface area contributed by atoms with E-state index in [-0.39, 0.29) is 12.3 Å². The van der Waals surface area contributed by atoms with Crippen molar-refractivity contribution in [3.05, 3.63) is 0 Å². The molecule has 1 amide bonds. The highest BCUT2D eigenvalue weighted by Gasteiger charge is 2.29. The number of carboxylic acid groups (broad SMARTS) is 1. The normalized spacial score (nSPS) is 11.2. The van der Waals surface area contributed by atoms with Crippen LogP contribution in [0.5, 0.6) is 0 Å². The average molecular weight is 217 g/mol. The predicted molar refractivity (Wildman–Crippen MR) is 55.6 cm³/mol. The monoisotopic (exact) mass is 217 g/mol. The second-order valence-corrected chi connectivity index (χ2v) is 3.94. The van der Waals surface area contributed by atoms with Gasteiger partial charge in [-0.15, -0.1) is 0 Å². The molecule has 0 fully saturated rings. The third-order valence-corrected chi connectivity index (χ3v) is 2.26. The Bertz CT molecular complexity index is 238. The molecule has 5 heteroatoms. The van der Waals surface area contributed by atoms with E-state index in [9.17, 15) is 9.59 Å². The van der Waals surface area contributed by atoms with E-state index in [1.807, 2.05) is 0 Å². The summed E-state index contributed by atoms with van der Waals surface area (Å²) in [6.45, 7) is 3.80. The van der Waals surface area contributed by atoms with Crippen molar-refractivity contribution >= 4 is 11.9 Å². The Labute approximate surface area is 90.0 Å². The van der Waals surface area contributed by atoms with Crippen LogP contribution < -0.4 is 0 Å². The van der Waals surface area contributed by atoms with Gasteiger partial charge in [-0.3, -0.25) is 9.59 Å². The van der Waals surface area contributed by atoms with Gasteiger partial charge in [0.25, 0.3) is 5.91 Å². The number of carboxylic acids is 1. The number of methoxy groups -OCH3 is 1. The Balaban J connectivity index is 4.05. The SMILES string of the molecule is COC(C)(C)C(=O)N(C)CCCC(=O)O. The molecule has 1 N–H and O–H groups in total. The Morgan fingerprint density at radius 3 is 2.33 bits per heavy atom. The van der Waals surface area contributed by atoms with Crippen molar-refractivity contribution in [1.29, 1.82) is 0 Å². The first-order chi connectivity index (χ1) is 6.81. The van der Waals surface area contributed by atoms with Crippen molar-refractivity contribution in [1.82, 2.24) is 4.90 Å². The summed E-state index contributed by atoms with van der Waals surface area (Å²) < 4.78 is 5.04. The minimum Gasteiger partial charge on any atom is -0.481 e. The number of ether oxygens (including phenoxy) is 1. The molecule has 0 spiro atoms. The minimum atomic E-state index is -0.849. The molecule has 0 bridgehead atoms. The van der Waals surface area contributed by atoms with E-state index in [1.54, 1.807) is 20.9 Å². The second kappa shape index (κ2) is 5.70. The van der Waals surface area contributed by atoms with Gasteiger partial charge in [0.1, 0.15) is 5.60 Å². The standard InChI is InChI=1S/C10H19NO4/c1-10(2,15-4)9(14)11(3)7-5-6-8(12)13/h5-7H2,1-4H3,(H,12,13). The number of carbonyl (C=O) groups is 2. The van der Waals surface area contributed by atoms with E-state index >= 15 is 0 Å². The van der Waals surface area contributed by atoms with Crippen LogP contribution in [0.15, 0.2) is 0 Å². The van der Waals surface area contributed by atoms with Crippen LogP contribution in [0.25, 0.3) is 0 Å². The van der Waals surface area contributed by atoms with E-state index in [0.717, 1.165) is 0 Å². The fourth-order valence-corrected chi connectivity index (χ4v) is 1.12. The summed E-state index contributed by atoms with van der Waals surface area (Å²) in [6, 6.07) is 0. The van der Waals surface area contributed by atoms with E-state index in [0.29, 0.717) is 13.0 Å². The van der Waals surface area contributed by atoms with Gasteiger partial charge in [-0.25, -0.2) is 0 Å². The van der Waals surface area contributed by atoms with E-state index in [4.69, 9.17) is 9.84 Å². The van der Waals surface area contributed by atoms with Gasteiger partial charge >= 0.3 is 5.97 Å². The number of amides is 1. The molecule has 0 aliphatic rings. The number of aliphatic carboxylic acids is 1. The van der Waals surface area contributed by atoms with Crippen molar-refractivity contribution in [2.24, 2.45) is 0 Å². The summed E-state index contributed by atoms with van der Waals surface area (Å²) in [7, 11) is 3.12.